The normalized spacial score (nSPS) is 14.4. The van der Waals surface area contributed by atoms with E-state index in [1.165, 1.54) is 6.07 Å². The molecule has 1 saturated carbocycles. The number of carbonyl (C=O) groups excluding carboxylic acids is 2. The number of nitrogens with one attached hydrogen (secondary N) is 2. The smallest absolute Gasteiger partial charge is 0.255 e. The van der Waals surface area contributed by atoms with Gasteiger partial charge in [-0.3, -0.25) is 14.3 Å². The number of fused-ring (bicyclic) bond motifs is 1. The van der Waals surface area contributed by atoms with Crippen LogP contribution in [0.4, 0.5) is 5.69 Å². The summed E-state index contributed by atoms with van der Waals surface area (Å²) in [7, 11) is 0. The molecule has 9 heteroatoms. The molecule has 1 aliphatic heterocycles. The number of nitrogens with zero attached hydrogens (tertiary/aromatic N) is 2. The van der Waals surface area contributed by atoms with Crippen molar-refractivity contribution in [2.24, 2.45) is 0 Å². The van der Waals surface area contributed by atoms with Gasteiger partial charge < -0.3 is 25.2 Å². The van der Waals surface area contributed by atoms with Crippen molar-refractivity contribution < 1.29 is 24.2 Å². The fraction of sp³-hybridized carbons (Fsp3) is 0.370. The SMILES string of the molecule is CCCCNC(=O)Cn1nc(-c2ccc(NC(=O)c3ccc4c(c3)OCO4)cc2O)cc1C1CCC1. The van der Waals surface area contributed by atoms with Crippen molar-refractivity contribution in [1.82, 2.24) is 15.1 Å². The molecule has 0 spiro atoms. The number of rotatable bonds is 9. The lowest BCUT2D eigenvalue weighted by molar-refractivity contribution is -0.121. The zero-order valence-electron chi connectivity index (χ0n) is 20.3. The number of anilines is 1. The maximum Gasteiger partial charge on any atom is 0.255 e. The number of aromatic nitrogens is 2. The number of unbranched alkanes of at least 4 members (excludes halogenated alkanes) is 1. The molecule has 0 atom stereocenters. The van der Waals surface area contributed by atoms with Crippen LogP contribution in [-0.4, -0.2) is 40.0 Å². The lowest BCUT2D eigenvalue weighted by Gasteiger charge is -2.25. The van der Waals surface area contributed by atoms with Gasteiger partial charge in [0.05, 0.1) is 5.69 Å². The van der Waals surface area contributed by atoms with Crippen LogP contribution in [0, 0.1) is 0 Å². The lowest BCUT2D eigenvalue weighted by Crippen LogP contribution is -2.30. The van der Waals surface area contributed by atoms with Gasteiger partial charge in [0.2, 0.25) is 12.7 Å². The molecule has 5 rings (SSSR count). The van der Waals surface area contributed by atoms with E-state index in [4.69, 9.17) is 9.47 Å². The molecule has 2 heterocycles. The van der Waals surface area contributed by atoms with Gasteiger partial charge in [-0.05, 0) is 55.7 Å². The number of hydrogen-bond acceptors (Lipinski definition) is 6. The summed E-state index contributed by atoms with van der Waals surface area (Å²) in [4.78, 5) is 25.1. The zero-order valence-corrected chi connectivity index (χ0v) is 20.3. The van der Waals surface area contributed by atoms with Crippen LogP contribution in [0.25, 0.3) is 11.3 Å². The average molecular weight is 491 g/mol. The van der Waals surface area contributed by atoms with Gasteiger partial charge in [-0.1, -0.05) is 19.8 Å². The third kappa shape index (κ3) is 5.00. The molecule has 0 unspecified atom stereocenters. The topological polar surface area (TPSA) is 115 Å². The highest BCUT2D eigenvalue weighted by Gasteiger charge is 2.26. The first-order chi connectivity index (χ1) is 17.5. The number of carbonyl (C=O) groups is 2. The largest absolute Gasteiger partial charge is 0.507 e. The molecule has 1 fully saturated rings. The highest BCUT2D eigenvalue weighted by Crippen LogP contribution is 2.39. The standard InChI is InChI=1S/C27H30N4O5/c1-2-3-11-28-26(33)15-31-22(17-5-4-6-17)14-21(30-31)20-9-8-19(13-23(20)32)29-27(34)18-7-10-24-25(12-18)36-16-35-24/h7-10,12-14,17,32H,2-6,11,15-16H2,1H3,(H,28,33)(H,29,34). The number of amides is 2. The Morgan fingerprint density at radius 1 is 1.11 bits per heavy atom. The van der Waals surface area contributed by atoms with Crippen LogP contribution in [-0.2, 0) is 11.3 Å². The number of hydrogen-bond donors (Lipinski definition) is 3. The number of phenolic OH excluding ortho intramolecular Hbond substituents is 1. The molecular formula is C27H30N4O5. The summed E-state index contributed by atoms with van der Waals surface area (Å²) < 4.78 is 12.4. The van der Waals surface area contributed by atoms with Crippen LogP contribution in [0.3, 0.4) is 0 Å². The Labute approximate surface area is 209 Å². The Bertz CT molecular complexity index is 1280. The number of benzene rings is 2. The van der Waals surface area contributed by atoms with Crippen molar-refractivity contribution in [3.63, 3.8) is 0 Å². The number of phenols is 1. The molecule has 2 aromatic carbocycles. The van der Waals surface area contributed by atoms with Crippen LogP contribution in [0.5, 0.6) is 17.2 Å². The van der Waals surface area contributed by atoms with Crippen LogP contribution in [0.2, 0.25) is 0 Å². The summed E-state index contributed by atoms with van der Waals surface area (Å²) in [6.45, 7) is 3.03. The highest BCUT2D eigenvalue weighted by molar-refractivity contribution is 6.05. The van der Waals surface area contributed by atoms with Gasteiger partial charge >= 0.3 is 0 Å². The van der Waals surface area contributed by atoms with Crippen LogP contribution in [0.1, 0.15) is 61.0 Å². The van der Waals surface area contributed by atoms with E-state index < -0.39 is 0 Å². The fourth-order valence-corrected chi connectivity index (χ4v) is 4.39. The maximum absolute atomic E-state index is 12.7. The van der Waals surface area contributed by atoms with Gasteiger partial charge in [-0.25, -0.2) is 0 Å². The molecule has 3 aromatic rings. The third-order valence-electron chi connectivity index (χ3n) is 6.65. The molecule has 0 radical (unpaired) electrons. The molecule has 1 aliphatic carbocycles. The van der Waals surface area contributed by atoms with E-state index in [9.17, 15) is 14.7 Å². The number of aromatic hydroxyl groups is 1. The van der Waals surface area contributed by atoms with Gasteiger partial charge in [0.25, 0.3) is 5.91 Å². The molecular weight excluding hydrogens is 460 g/mol. The van der Waals surface area contributed by atoms with Crippen molar-refractivity contribution in [3.05, 3.63) is 53.7 Å². The van der Waals surface area contributed by atoms with Crippen molar-refractivity contribution in [2.75, 3.05) is 18.7 Å². The first-order valence-electron chi connectivity index (χ1n) is 12.4. The molecule has 0 bridgehead atoms. The van der Waals surface area contributed by atoms with Crippen molar-refractivity contribution in [3.8, 4) is 28.5 Å². The molecule has 0 saturated heterocycles. The Hall–Kier alpha value is -4.01. The minimum absolute atomic E-state index is 0.00399. The van der Waals surface area contributed by atoms with Gasteiger partial charge in [-0.2, -0.15) is 5.10 Å². The fourth-order valence-electron chi connectivity index (χ4n) is 4.39. The first kappa shape index (κ1) is 23.7. The molecule has 3 N–H and O–H groups in total. The summed E-state index contributed by atoms with van der Waals surface area (Å²) in [6, 6.07) is 11.9. The predicted octanol–water partition coefficient (Wildman–Crippen LogP) is 4.42. The second-order valence-corrected chi connectivity index (χ2v) is 9.20. The predicted molar refractivity (Wildman–Crippen MR) is 134 cm³/mol. The quantitative estimate of drug-likeness (QED) is 0.383. The molecule has 2 aliphatic rings. The van der Waals surface area contributed by atoms with E-state index in [0.29, 0.717) is 46.5 Å². The van der Waals surface area contributed by atoms with Crippen molar-refractivity contribution >= 4 is 17.5 Å². The molecule has 1 aromatic heterocycles. The van der Waals surface area contributed by atoms with E-state index in [0.717, 1.165) is 37.8 Å². The third-order valence-corrected chi connectivity index (χ3v) is 6.65. The average Bonchev–Trinajstić information content (AvgIpc) is 3.45. The second-order valence-electron chi connectivity index (χ2n) is 9.20. The summed E-state index contributed by atoms with van der Waals surface area (Å²) in [6.07, 6.45) is 5.26. The maximum atomic E-state index is 12.7. The van der Waals surface area contributed by atoms with E-state index in [2.05, 4.69) is 22.7 Å². The van der Waals surface area contributed by atoms with Gasteiger partial charge in [0, 0.05) is 41.0 Å². The van der Waals surface area contributed by atoms with E-state index in [1.807, 2.05) is 6.07 Å². The Kier molecular flexibility index (Phi) is 6.79. The summed E-state index contributed by atoms with van der Waals surface area (Å²) in [5.74, 6) is 1.11. The summed E-state index contributed by atoms with van der Waals surface area (Å²) >= 11 is 0. The lowest BCUT2D eigenvalue weighted by atomic mass is 9.82. The highest BCUT2D eigenvalue weighted by atomic mass is 16.7. The van der Waals surface area contributed by atoms with E-state index >= 15 is 0 Å². The monoisotopic (exact) mass is 490 g/mol. The van der Waals surface area contributed by atoms with E-state index in [-0.39, 0.29) is 30.9 Å². The van der Waals surface area contributed by atoms with Crippen LogP contribution in [0.15, 0.2) is 42.5 Å². The van der Waals surface area contributed by atoms with E-state index in [1.54, 1.807) is 35.0 Å². The molecule has 36 heavy (non-hydrogen) atoms. The van der Waals surface area contributed by atoms with Gasteiger partial charge in [-0.15, -0.1) is 0 Å². The minimum atomic E-state index is -0.328. The summed E-state index contributed by atoms with van der Waals surface area (Å²) in [5.41, 5.74) is 3.03. The minimum Gasteiger partial charge on any atom is -0.507 e. The van der Waals surface area contributed by atoms with Crippen LogP contribution >= 0.6 is 0 Å². The number of ether oxygens (including phenoxy) is 2. The molecule has 2 amide bonds. The first-order valence-corrected chi connectivity index (χ1v) is 12.4. The van der Waals surface area contributed by atoms with Crippen LogP contribution < -0.4 is 20.1 Å². The second kappa shape index (κ2) is 10.3. The van der Waals surface area contributed by atoms with Gasteiger partial charge in [0.1, 0.15) is 12.3 Å². The Morgan fingerprint density at radius 3 is 2.69 bits per heavy atom. The molecule has 188 valence electrons. The summed E-state index contributed by atoms with van der Waals surface area (Å²) in [5, 5.41) is 21.2. The Balaban J connectivity index is 1.32. The Morgan fingerprint density at radius 2 is 1.94 bits per heavy atom. The van der Waals surface area contributed by atoms with Crippen molar-refractivity contribution in [1.29, 1.82) is 0 Å². The zero-order chi connectivity index (χ0) is 25.1. The molecule has 9 nitrogen and oxygen atoms in total. The van der Waals surface area contributed by atoms with Crippen molar-refractivity contribution in [2.45, 2.75) is 51.5 Å². The van der Waals surface area contributed by atoms with Gasteiger partial charge in [0.15, 0.2) is 11.5 Å².